The van der Waals surface area contributed by atoms with Crippen molar-refractivity contribution in [3.05, 3.63) is 133 Å². The van der Waals surface area contributed by atoms with Gasteiger partial charge in [-0.2, -0.15) is 0 Å². The topological polar surface area (TPSA) is 23.0 Å². The van der Waals surface area contributed by atoms with Crippen molar-refractivity contribution >= 4 is 65.6 Å². The Morgan fingerprint density at radius 3 is 2.03 bits per heavy atom. The predicted molar refractivity (Wildman–Crippen MR) is 162 cm³/mol. The molecular weight excluding hydrogens is 476 g/mol. The van der Waals surface area contributed by atoms with Gasteiger partial charge in [0.1, 0.15) is 11.1 Å². The van der Waals surface area contributed by atoms with Gasteiger partial charge in [-0.15, -0.1) is 0 Å². The Labute approximate surface area is 223 Å². The second kappa shape index (κ2) is 7.62. The van der Waals surface area contributed by atoms with Gasteiger partial charge in [-0.3, -0.25) is 0 Å². The van der Waals surface area contributed by atoms with Crippen LogP contribution in [0, 0.1) is 0 Å². The van der Waals surface area contributed by atoms with Gasteiger partial charge in [0.15, 0.2) is 5.58 Å². The van der Waals surface area contributed by atoms with Crippen LogP contribution >= 0.6 is 0 Å². The molecule has 0 amide bonds. The normalized spacial score (nSPS) is 12.1. The summed E-state index contributed by atoms with van der Waals surface area (Å²) in [6.45, 7) is 0. The highest BCUT2D eigenvalue weighted by Crippen LogP contribution is 2.42. The molecule has 0 aliphatic rings. The molecule has 0 atom stereocenters. The highest BCUT2D eigenvalue weighted by molar-refractivity contribution is 6.22. The van der Waals surface area contributed by atoms with Crippen molar-refractivity contribution < 1.29 is 4.42 Å². The Balaban J connectivity index is 1.48. The van der Waals surface area contributed by atoms with E-state index in [-0.39, 0.29) is 0 Å². The Morgan fingerprint density at radius 2 is 1.13 bits per heavy atom. The van der Waals surface area contributed by atoms with Gasteiger partial charge in [0.05, 0.1) is 16.6 Å². The minimum Gasteiger partial charge on any atom is -0.454 e. The molecule has 0 aliphatic heterocycles. The summed E-state index contributed by atoms with van der Waals surface area (Å²) >= 11 is 0. The van der Waals surface area contributed by atoms with E-state index in [1.165, 1.54) is 32.6 Å². The molecule has 0 saturated heterocycles. The highest BCUT2D eigenvalue weighted by Gasteiger charge is 2.22. The summed E-state index contributed by atoms with van der Waals surface area (Å²) in [6, 6.07) is 47.6. The molecular formula is C36H22N2O. The van der Waals surface area contributed by atoms with E-state index >= 15 is 0 Å². The second-order valence-electron chi connectivity index (χ2n) is 10.2. The van der Waals surface area contributed by atoms with Crippen LogP contribution in [0.5, 0.6) is 0 Å². The van der Waals surface area contributed by atoms with Gasteiger partial charge in [-0.25, -0.2) is 0 Å². The molecule has 0 saturated carbocycles. The SMILES string of the molecule is c1ccc(-n2c3cc4c(cc3c3oc5ccccc5c32)c2ccccc2n4-c2ccc3ccccc3c2)cc1. The summed E-state index contributed by atoms with van der Waals surface area (Å²) in [5, 5.41) is 7.19. The van der Waals surface area contributed by atoms with E-state index in [2.05, 4.69) is 137 Å². The standard InChI is InChI=1S/C36H22N2O/c1-2-12-25(13-3-1)38-33-22-32-29(21-30(33)36-35(38)28-15-7-9-17-34(28)39-36)27-14-6-8-16-31(27)37(32)26-19-18-23-10-4-5-11-24(23)20-26/h1-22H. The average Bonchev–Trinajstić information content (AvgIpc) is 3.63. The first-order chi connectivity index (χ1) is 19.3. The average molecular weight is 499 g/mol. The quantitative estimate of drug-likeness (QED) is 0.233. The van der Waals surface area contributed by atoms with E-state index in [9.17, 15) is 0 Å². The summed E-state index contributed by atoms with van der Waals surface area (Å²) in [5.74, 6) is 0. The molecule has 3 nitrogen and oxygen atoms in total. The first-order valence-electron chi connectivity index (χ1n) is 13.3. The number of furan rings is 1. The highest BCUT2D eigenvalue weighted by atomic mass is 16.3. The zero-order valence-electron chi connectivity index (χ0n) is 21.0. The summed E-state index contributed by atoms with van der Waals surface area (Å²) in [6.07, 6.45) is 0. The summed E-state index contributed by atoms with van der Waals surface area (Å²) in [4.78, 5) is 0. The zero-order valence-corrected chi connectivity index (χ0v) is 21.0. The van der Waals surface area contributed by atoms with Crippen molar-refractivity contribution in [1.82, 2.24) is 9.13 Å². The van der Waals surface area contributed by atoms with Gasteiger partial charge in [-0.1, -0.05) is 78.9 Å². The summed E-state index contributed by atoms with van der Waals surface area (Å²) in [5.41, 5.74) is 8.75. The molecule has 0 spiro atoms. The maximum absolute atomic E-state index is 6.54. The van der Waals surface area contributed by atoms with Crippen LogP contribution in [0.2, 0.25) is 0 Å². The molecule has 0 unspecified atom stereocenters. The second-order valence-corrected chi connectivity index (χ2v) is 10.2. The summed E-state index contributed by atoms with van der Waals surface area (Å²) in [7, 11) is 0. The smallest absolute Gasteiger partial charge is 0.161 e. The van der Waals surface area contributed by atoms with Crippen molar-refractivity contribution in [1.29, 1.82) is 0 Å². The predicted octanol–water partition coefficient (Wildman–Crippen LogP) is 9.78. The fourth-order valence-electron chi connectivity index (χ4n) is 6.37. The van der Waals surface area contributed by atoms with E-state index in [0.29, 0.717) is 0 Å². The number of hydrogen-bond donors (Lipinski definition) is 0. The van der Waals surface area contributed by atoms with E-state index in [1.807, 2.05) is 6.07 Å². The van der Waals surface area contributed by atoms with Gasteiger partial charge in [0, 0.05) is 32.9 Å². The van der Waals surface area contributed by atoms with E-state index in [4.69, 9.17) is 4.42 Å². The maximum atomic E-state index is 6.54. The largest absolute Gasteiger partial charge is 0.454 e. The summed E-state index contributed by atoms with van der Waals surface area (Å²) < 4.78 is 11.3. The lowest BCUT2D eigenvalue weighted by molar-refractivity contribution is 0.673. The number of fused-ring (bicyclic) bond motifs is 9. The lowest BCUT2D eigenvalue weighted by atomic mass is 10.1. The molecule has 182 valence electrons. The lowest BCUT2D eigenvalue weighted by Crippen LogP contribution is -1.96. The minimum absolute atomic E-state index is 0.910. The van der Waals surface area contributed by atoms with Crippen LogP contribution in [0.1, 0.15) is 0 Å². The fourth-order valence-corrected chi connectivity index (χ4v) is 6.37. The van der Waals surface area contributed by atoms with Gasteiger partial charge in [-0.05, 0) is 65.4 Å². The number of para-hydroxylation sites is 3. The van der Waals surface area contributed by atoms with Gasteiger partial charge >= 0.3 is 0 Å². The molecule has 0 fully saturated rings. The first-order valence-corrected chi connectivity index (χ1v) is 13.3. The Bertz CT molecular complexity index is 2390. The van der Waals surface area contributed by atoms with Gasteiger partial charge in [0.25, 0.3) is 0 Å². The third-order valence-electron chi connectivity index (χ3n) is 8.07. The monoisotopic (exact) mass is 498 g/mol. The number of nitrogens with zero attached hydrogens (tertiary/aromatic N) is 2. The van der Waals surface area contributed by atoms with Crippen LogP contribution in [0.15, 0.2) is 138 Å². The van der Waals surface area contributed by atoms with Crippen LogP contribution in [-0.4, -0.2) is 9.13 Å². The molecule has 0 N–H and O–H groups in total. The Hall–Kier alpha value is -5.28. The van der Waals surface area contributed by atoms with Crippen LogP contribution in [0.3, 0.4) is 0 Å². The molecule has 3 heteroatoms. The van der Waals surface area contributed by atoms with Crippen molar-refractivity contribution in [2.75, 3.05) is 0 Å². The fraction of sp³-hybridized carbons (Fsp3) is 0. The number of benzene rings is 6. The molecule has 39 heavy (non-hydrogen) atoms. The molecule has 3 heterocycles. The third kappa shape index (κ3) is 2.82. The van der Waals surface area contributed by atoms with E-state index in [1.54, 1.807) is 0 Å². The lowest BCUT2D eigenvalue weighted by Gasteiger charge is -2.11. The number of hydrogen-bond acceptors (Lipinski definition) is 1. The van der Waals surface area contributed by atoms with Gasteiger partial charge < -0.3 is 13.6 Å². The van der Waals surface area contributed by atoms with Crippen molar-refractivity contribution in [3.63, 3.8) is 0 Å². The number of rotatable bonds is 2. The van der Waals surface area contributed by atoms with E-state index < -0.39 is 0 Å². The Kier molecular flexibility index (Phi) is 4.05. The van der Waals surface area contributed by atoms with Crippen LogP contribution in [0.4, 0.5) is 0 Å². The van der Waals surface area contributed by atoms with E-state index in [0.717, 1.165) is 44.3 Å². The molecule has 0 radical (unpaired) electrons. The zero-order chi connectivity index (χ0) is 25.5. The minimum atomic E-state index is 0.910. The molecule has 9 rings (SSSR count). The Morgan fingerprint density at radius 1 is 0.410 bits per heavy atom. The van der Waals surface area contributed by atoms with Crippen molar-refractivity contribution in [3.8, 4) is 11.4 Å². The molecule has 6 aromatic carbocycles. The number of aromatic nitrogens is 2. The van der Waals surface area contributed by atoms with Crippen LogP contribution < -0.4 is 0 Å². The molecule has 0 bridgehead atoms. The molecule has 9 aromatic rings. The van der Waals surface area contributed by atoms with Crippen LogP contribution in [-0.2, 0) is 0 Å². The van der Waals surface area contributed by atoms with Crippen molar-refractivity contribution in [2.24, 2.45) is 0 Å². The van der Waals surface area contributed by atoms with Crippen molar-refractivity contribution in [2.45, 2.75) is 0 Å². The van der Waals surface area contributed by atoms with Gasteiger partial charge in [0.2, 0.25) is 0 Å². The van der Waals surface area contributed by atoms with Crippen LogP contribution in [0.25, 0.3) is 76.9 Å². The molecule has 0 aliphatic carbocycles. The first kappa shape index (κ1) is 20.7. The third-order valence-corrected chi connectivity index (χ3v) is 8.07. The molecule has 3 aromatic heterocycles. The maximum Gasteiger partial charge on any atom is 0.161 e.